The van der Waals surface area contributed by atoms with Crippen LogP contribution >= 0.6 is 0 Å². The number of carbonyl (C=O) groups is 1. The van der Waals surface area contributed by atoms with Gasteiger partial charge in [0.25, 0.3) is 0 Å². The highest BCUT2D eigenvalue weighted by Crippen LogP contribution is 2.68. The number of carboxylic acid groups (broad SMARTS) is 1. The Balaban J connectivity index is 1.56. The molecule has 0 bridgehead atoms. The highest BCUT2D eigenvalue weighted by atomic mass is 16.4. The second-order valence-electron chi connectivity index (χ2n) is 11.3. The molecule has 4 aliphatic carbocycles. The summed E-state index contributed by atoms with van der Waals surface area (Å²) in [4.78, 5) is 11.1. The fraction of sp³-hybridized carbons (Fsp3) is 0.958. The lowest BCUT2D eigenvalue weighted by atomic mass is 9.43. The molecule has 4 rings (SSSR count). The van der Waals surface area contributed by atoms with Crippen molar-refractivity contribution in [1.82, 2.24) is 0 Å². The summed E-state index contributed by atoms with van der Waals surface area (Å²) in [6.07, 6.45) is 9.26. The van der Waals surface area contributed by atoms with Gasteiger partial charge in [0.1, 0.15) is 0 Å². The van der Waals surface area contributed by atoms with Crippen molar-refractivity contribution in [3.05, 3.63) is 0 Å². The average Bonchev–Trinajstić information content (AvgIpc) is 3.00. The molecule has 0 aromatic carbocycles. The van der Waals surface area contributed by atoms with Crippen molar-refractivity contribution < 1.29 is 20.1 Å². The van der Waals surface area contributed by atoms with Crippen LogP contribution in [0.3, 0.4) is 0 Å². The minimum absolute atomic E-state index is 0.0591. The summed E-state index contributed by atoms with van der Waals surface area (Å²) in [5, 5.41) is 30.8. The van der Waals surface area contributed by atoms with Crippen LogP contribution in [0.5, 0.6) is 0 Å². The molecule has 0 aromatic heterocycles. The summed E-state index contributed by atoms with van der Waals surface area (Å²) in [6, 6.07) is 0. The summed E-state index contributed by atoms with van der Waals surface area (Å²) in [6.45, 7) is 6.99. The van der Waals surface area contributed by atoms with Crippen molar-refractivity contribution in [2.24, 2.45) is 46.3 Å². The van der Waals surface area contributed by atoms with Crippen molar-refractivity contribution in [3.8, 4) is 0 Å². The molecule has 0 amide bonds. The molecule has 0 spiro atoms. The van der Waals surface area contributed by atoms with Gasteiger partial charge in [0.05, 0.1) is 12.2 Å². The number of aliphatic hydroxyl groups excluding tert-OH is 2. The second kappa shape index (κ2) is 7.27. The maximum atomic E-state index is 11.5. The highest BCUT2D eigenvalue weighted by Gasteiger charge is 2.63. The van der Waals surface area contributed by atoms with E-state index in [-0.39, 0.29) is 29.5 Å². The predicted octanol–water partition coefficient (Wildman–Crippen LogP) is 4.48. The van der Waals surface area contributed by atoms with Gasteiger partial charge in [0.15, 0.2) is 0 Å². The Kier molecular flexibility index (Phi) is 5.36. The van der Waals surface area contributed by atoms with Gasteiger partial charge in [-0.15, -0.1) is 0 Å². The molecule has 28 heavy (non-hydrogen) atoms. The van der Waals surface area contributed by atoms with Gasteiger partial charge in [-0.3, -0.25) is 4.79 Å². The smallest absolute Gasteiger partial charge is 0.303 e. The molecule has 4 fully saturated rings. The molecule has 0 radical (unpaired) electrons. The summed E-state index contributed by atoms with van der Waals surface area (Å²) in [7, 11) is 0. The van der Waals surface area contributed by atoms with E-state index < -0.39 is 5.97 Å². The molecule has 4 heteroatoms. The summed E-state index contributed by atoms with van der Waals surface area (Å²) < 4.78 is 0. The van der Waals surface area contributed by atoms with Gasteiger partial charge in [0.2, 0.25) is 0 Å². The third-order valence-electron chi connectivity index (χ3n) is 10.3. The maximum absolute atomic E-state index is 11.5. The van der Waals surface area contributed by atoms with Crippen LogP contribution in [0.2, 0.25) is 0 Å². The number of rotatable bonds is 4. The maximum Gasteiger partial charge on any atom is 0.303 e. The van der Waals surface area contributed by atoms with E-state index in [0.717, 1.165) is 38.5 Å². The Labute approximate surface area is 170 Å². The first-order valence-electron chi connectivity index (χ1n) is 11.8. The van der Waals surface area contributed by atoms with Gasteiger partial charge in [-0.1, -0.05) is 20.8 Å². The number of hydrogen-bond donors (Lipinski definition) is 3. The quantitative estimate of drug-likeness (QED) is 0.659. The second-order valence-corrected chi connectivity index (χ2v) is 11.3. The van der Waals surface area contributed by atoms with Crippen LogP contribution in [0.25, 0.3) is 0 Å². The number of hydrogen-bond acceptors (Lipinski definition) is 3. The summed E-state index contributed by atoms with van der Waals surface area (Å²) >= 11 is 0. The Hall–Kier alpha value is -0.610. The van der Waals surface area contributed by atoms with Crippen molar-refractivity contribution in [2.75, 3.05) is 0 Å². The minimum Gasteiger partial charge on any atom is -0.481 e. The molecule has 160 valence electrons. The first kappa shape index (κ1) is 20.7. The monoisotopic (exact) mass is 392 g/mol. The molecule has 4 nitrogen and oxygen atoms in total. The molecule has 0 aromatic rings. The van der Waals surface area contributed by atoms with E-state index in [1.54, 1.807) is 0 Å². The fourth-order valence-corrected chi connectivity index (χ4v) is 8.71. The fourth-order valence-electron chi connectivity index (χ4n) is 8.71. The van der Waals surface area contributed by atoms with E-state index in [2.05, 4.69) is 20.8 Å². The lowest BCUT2D eigenvalue weighted by molar-refractivity contribution is -0.175. The van der Waals surface area contributed by atoms with E-state index in [1.807, 2.05) is 0 Å². The lowest BCUT2D eigenvalue weighted by Gasteiger charge is -2.62. The Bertz CT molecular complexity index is 605. The summed E-state index contributed by atoms with van der Waals surface area (Å²) in [5.74, 6) is 2.55. The van der Waals surface area contributed by atoms with Gasteiger partial charge in [0, 0.05) is 6.42 Å². The molecule has 10 atom stereocenters. The zero-order valence-corrected chi connectivity index (χ0v) is 17.9. The van der Waals surface area contributed by atoms with Gasteiger partial charge in [-0.2, -0.15) is 0 Å². The van der Waals surface area contributed by atoms with Crippen molar-refractivity contribution >= 4 is 5.97 Å². The van der Waals surface area contributed by atoms with E-state index in [1.165, 1.54) is 19.3 Å². The van der Waals surface area contributed by atoms with E-state index in [9.17, 15) is 15.0 Å². The van der Waals surface area contributed by atoms with Crippen molar-refractivity contribution in [3.63, 3.8) is 0 Å². The zero-order chi connectivity index (χ0) is 20.3. The molecule has 0 aliphatic heterocycles. The molecule has 1 unspecified atom stereocenters. The van der Waals surface area contributed by atoms with E-state index in [0.29, 0.717) is 35.5 Å². The van der Waals surface area contributed by atoms with Crippen LogP contribution in [0.15, 0.2) is 0 Å². The molecular weight excluding hydrogens is 352 g/mol. The summed E-state index contributed by atoms with van der Waals surface area (Å²) in [5.41, 5.74) is 0.216. The largest absolute Gasteiger partial charge is 0.481 e. The number of carboxylic acids is 1. The number of aliphatic hydroxyl groups is 2. The van der Waals surface area contributed by atoms with Crippen LogP contribution in [0.4, 0.5) is 0 Å². The van der Waals surface area contributed by atoms with Crippen LogP contribution in [-0.4, -0.2) is 33.5 Å². The first-order valence-corrected chi connectivity index (χ1v) is 11.8. The van der Waals surface area contributed by atoms with Gasteiger partial charge in [-0.25, -0.2) is 0 Å². The van der Waals surface area contributed by atoms with Crippen LogP contribution in [0, 0.1) is 46.3 Å². The Morgan fingerprint density at radius 1 is 1.04 bits per heavy atom. The standard InChI is InChI=1S/C24H40O4/c1-14(4-9-22(27)28)18-7-8-19-17-6-5-15-12-16(25)10-11-23(15,2)20(17)13-21(26)24(18,19)3/h14-21,25-26H,4-13H2,1-3H3,(H,27,28)/t14-,15-,16-,17+,18?,19+,20+,21+,23+,24-/m1/s1. The van der Waals surface area contributed by atoms with Crippen molar-refractivity contribution in [2.45, 2.75) is 97.2 Å². The van der Waals surface area contributed by atoms with Gasteiger partial charge in [-0.05, 0) is 104 Å². The average molecular weight is 393 g/mol. The topological polar surface area (TPSA) is 77.8 Å². The van der Waals surface area contributed by atoms with Gasteiger partial charge >= 0.3 is 5.97 Å². The molecular formula is C24H40O4. The molecule has 4 saturated carbocycles. The van der Waals surface area contributed by atoms with Crippen molar-refractivity contribution in [1.29, 1.82) is 0 Å². The Morgan fingerprint density at radius 3 is 2.50 bits per heavy atom. The predicted molar refractivity (Wildman–Crippen MR) is 109 cm³/mol. The van der Waals surface area contributed by atoms with Gasteiger partial charge < -0.3 is 15.3 Å². The zero-order valence-electron chi connectivity index (χ0n) is 17.9. The molecule has 0 heterocycles. The first-order chi connectivity index (χ1) is 13.2. The third kappa shape index (κ3) is 3.05. The number of fused-ring (bicyclic) bond motifs is 5. The van der Waals surface area contributed by atoms with E-state index >= 15 is 0 Å². The normalized spacial score (nSPS) is 51.7. The lowest BCUT2D eigenvalue weighted by Crippen LogP contribution is -2.58. The molecule has 4 aliphatic rings. The third-order valence-corrected chi connectivity index (χ3v) is 10.3. The molecule has 3 N–H and O–H groups in total. The SMILES string of the molecule is C[C@H](CCC(=O)O)C1CC[C@H]2[C@@H]3CC[C@@H]4C[C@H](O)CC[C@]4(C)[C@H]3C[C@H](O)[C@]12C. The Morgan fingerprint density at radius 2 is 1.79 bits per heavy atom. The van der Waals surface area contributed by atoms with Crippen LogP contribution < -0.4 is 0 Å². The van der Waals surface area contributed by atoms with Crippen LogP contribution in [-0.2, 0) is 4.79 Å². The minimum atomic E-state index is -0.707. The molecule has 0 saturated heterocycles. The van der Waals surface area contributed by atoms with Crippen LogP contribution in [0.1, 0.15) is 85.0 Å². The van der Waals surface area contributed by atoms with E-state index in [4.69, 9.17) is 5.11 Å². The highest BCUT2D eigenvalue weighted by molar-refractivity contribution is 5.66. The number of aliphatic carboxylic acids is 1.